The highest BCUT2D eigenvalue weighted by Crippen LogP contribution is 2.21. The van der Waals surface area contributed by atoms with Crippen LogP contribution in [0, 0.1) is 11.2 Å². The molecule has 88 valence electrons. The number of aromatic nitrogens is 1. The summed E-state index contributed by atoms with van der Waals surface area (Å²) in [5, 5.41) is 7.80. The number of benzene rings is 1. The summed E-state index contributed by atoms with van der Waals surface area (Å²) in [6.45, 7) is 0. The Bertz CT molecular complexity index is 528. The third-order valence-corrected chi connectivity index (χ3v) is 2.97. The second kappa shape index (κ2) is 5.01. The molecule has 0 saturated carbocycles. The maximum Gasteiger partial charge on any atom is 0.255 e. The number of nitrogens with zero attached hydrogens (tertiary/aromatic N) is 1. The SMILES string of the molecule is N=C(N)c1cc(F)cc(CSc2ncco2)c1. The fourth-order valence-electron chi connectivity index (χ4n) is 1.32. The van der Waals surface area contributed by atoms with Crippen LogP contribution in [0.2, 0.25) is 0 Å². The Hall–Kier alpha value is -1.82. The second-order valence-corrected chi connectivity index (χ2v) is 4.28. The van der Waals surface area contributed by atoms with Crippen molar-refractivity contribution in [2.75, 3.05) is 0 Å². The molecular weight excluding hydrogens is 241 g/mol. The van der Waals surface area contributed by atoms with E-state index in [9.17, 15) is 4.39 Å². The molecule has 1 heterocycles. The van der Waals surface area contributed by atoms with Crippen LogP contribution in [0.25, 0.3) is 0 Å². The Morgan fingerprint density at radius 1 is 1.47 bits per heavy atom. The van der Waals surface area contributed by atoms with Crippen LogP contribution in [0.1, 0.15) is 11.1 Å². The lowest BCUT2D eigenvalue weighted by atomic mass is 10.1. The van der Waals surface area contributed by atoms with Gasteiger partial charge < -0.3 is 10.2 Å². The van der Waals surface area contributed by atoms with Gasteiger partial charge in [0.1, 0.15) is 17.9 Å². The zero-order valence-corrected chi connectivity index (χ0v) is 9.63. The molecule has 0 spiro atoms. The topological polar surface area (TPSA) is 75.9 Å². The van der Waals surface area contributed by atoms with Crippen molar-refractivity contribution in [1.29, 1.82) is 5.41 Å². The van der Waals surface area contributed by atoms with Crippen molar-refractivity contribution in [2.24, 2.45) is 5.73 Å². The fourth-order valence-corrected chi connectivity index (χ4v) is 2.03. The number of thioether (sulfide) groups is 1. The van der Waals surface area contributed by atoms with Crippen LogP contribution < -0.4 is 5.73 Å². The van der Waals surface area contributed by atoms with E-state index in [1.807, 2.05) is 0 Å². The number of nitrogens with one attached hydrogen (secondary N) is 1. The van der Waals surface area contributed by atoms with Gasteiger partial charge in [-0.3, -0.25) is 5.41 Å². The van der Waals surface area contributed by atoms with Crippen molar-refractivity contribution in [3.05, 3.63) is 47.6 Å². The molecule has 0 atom stereocenters. The van der Waals surface area contributed by atoms with Crippen LogP contribution >= 0.6 is 11.8 Å². The van der Waals surface area contributed by atoms with E-state index >= 15 is 0 Å². The van der Waals surface area contributed by atoms with E-state index < -0.39 is 5.82 Å². The largest absolute Gasteiger partial charge is 0.440 e. The summed E-state index contributed by atoms with van der Waals surface area (Å²) in [7, 11) is 0. The van der Waals surface area contributed by atoms with Gasteiger partial charge in [-0.05, 0) is 23.8 Å². The Balaban J connectivity index is 2.13. The predicted octanol–water partition coefficient (Wildman–Crippen LogP) is 2.39. The monoisotopic (exact) mass is 251 g/mol. The molecule has 2 rings (SSSR count). The minimum Gasteiger partial charge on any atom is -0.440 e. The molecule has 0 aliphatic carbocycles. The van der Waals surface area contributed by atoms with Gasteiger partial charge in [0.25, 0.3) is 5.22 Å². The quantitative estimate of drug-likeness (QED) is 0.497. The van der Waals surface area contributed by atoms with Crippen molar-refractivity contribution in [3.8, 4) is 0 Å². The highest BCUT2D eigenvalue weighted by molar-refractivity contribution is 7.98. The molecule has 4 nitrogen and oxygen atoms in total. The van der Waals surface area contributed by atoms with Gasteiger partial charge in [-0.1, -0.05) is 11.8 Å². The van der Waals surface area contributed by atoms with Crippen LogP contribution in [0.5, 0.6) is 0 Å². The van der Waals surface area contributed by atoms with E-state index in [1.165, 1.54) is 30.2 Å². The van der Waals surface area contributed by atoms with E-state index in [0.717, 1.165) is 5.56 Å². The number of hydrogen-bond acceptors (Lipinski definition) is 4. The molecule has 2 aromatic rings. The molecule has 0 radical (unpaired) electrons. The van der Waals surface area contributed by atoms with Crippen molar-refractivity contribution in [2.45, 2.75) is 11.0 Å². The summed E-state index contributed by atoms with van der Waals surface area (Å²) in [6, 6.07) is 4.32. The van der Waals surface area contributed by atoms with E-state index in [2.05, 4.69) is 4.98 Å². The molecule has 6 heteroatoms. The highest BCUT2D eigenvalue weighted by Gasteiger charge is 2.05. The van der Waals surface area contributed by atoms with Gasteiger partial charge >= 0.3 is 0 Å². The molecule has 1 aromatic heterocycles. The van der Waals surface area contributed by atoms with Crippen LogP contribution in [-0.4, -0.2) is 10.8 Å². The van der Waals surface area contributed by atoms with Gasteiger partial charge in [0, 0.05) is 11.3 Å². The third kappa shape index (κ3) is 3.07. The maximum absolute atomic E-state index is 13.3. The van der Waals surface area contributed by atoms with Gasteiger partial charge in [-0.2, -0.15) is 0 Å². The maximum atomic E-state index is 13.3. The summed E-state index contributed by atoms with van der Waals surface area (Å²) in [5.74, 6) is -0.0361. The minimum absolute atomic E-state index is 0.146. The average molecular weight is 251 g/mol. The van der Waals surface area contributed by atoms with E-state index in [-0.39, 0.29) is 5.84 Å². The van der Waals surface area contributed by atoms with Crippen molar-refractivity contribution >= 4 is 17.6 Å². The standard InChI is InChI=1S/C11H10FN3OS/c12-9-4-7(3-8(5-9)10(13)14)6-17-11-15-1-2-16-11/h1-5H,6H2,(H3,13,14). The molecule has 0 fully saturated rings. The second-order valence-electron chi connectivity index (χ2n) is 3.35. The predicted molar refractivity (Wildman–Crippen MR) is 63.5 cm³/mol. The van der Waals surface area contributed by atoms with Crippen molar-refractivity contribution < 1.29 is 8.81 Å². The van der Waals surface area contributed by atoms with Gasteiger partial charge in [-0.25, -0.2) is 9.37 Å². The molecular formula is C11H10FN3OS. The van der Waals surface area contributed by atoms with Crippen LogP contribution in [0.3, 0.4) is 0 Å². The Morgan fingerprint density at radius 3 is 2.94 bits per heavy atom. The molecule has 1 aromatic carbocycles. The molecule has 0 saturated heterocycles. The van der Waals surface area contributed by atoms with Crippen molar-refractivity contribution in [3.63, 3.8) is 0 Å². The summed E-state index contributed by atoms with van der Waals surface area (Å²) in [6.07, 6.45) is 3.03. The third-order valence-electron chi connectivity index (χ3n) is 2.04. The number of halogens is 1. The lowest BCUT2D eigenvalue weighted by Gasteiger charge is -2.03. The van der Waals surface area contributed by atoms with Crippen molar-refractivity contribution in [1.82, 2.24) is 4.98 Å². The number of hydrogen-bond donors (Lipinski definition) is 2. The lowest BCUT2D eigenvalue weighted by Crippen LogP contribution is -2.11. The first-order chi connectivity index (χ1) is 8.15. The number of oxazole rings is 1. The molecule has 0 bridgehead atoms. The summed E-state index contributed by atoms with van der Waals surface area (Å²) in [4.78, 5) is 3.95. The first-order valence-electron chi connectivity index (χ1n) is 4.81. The van der Waals surface area contributed by atoms with Gasteiger partial charge in [-0.15, -0.1) is 0 Å². The average Bonchev–Trinajstić information content (AvgIpc) is 2.78. The van der Waals surface area contributed by atoms with Gasteiger partial charge in [0.2, 0.25) is 0 Å². The zero-order valence-electron chi connectivity index (χ0n) is 8.81. The van der Waals surface area contributed by atoms with E-state index in [4.69, 9.17) is 15.6 Å². The number of nitrogen functional groups attached to an aromatic ring is 1. The molecule has 0 unspecified atom stereocenters. The summed E-state index contributed by atoms with van der Waals surface area (Å²) in [5.41, 5.74) is 6.44. The summed E-state index contributed by atoms with van der Waals surface area (Å²) >= 11 is 1.35. The van der Waals surface area contributed by atoms with E-state index in [0.29, 0.717) is 16.5 Å². The first-order valence-corrected chi connectivity index (χ1v) is 5.80. The zero-order chi connectivity index (χ0) is 12.3. The lowest BCUT2D eigenvalue weighted by molar-refractivity contribution is 0.454. The van der Waals surface area contributed by atoms with E-state index in [1.54, 1.807) is 12.3 Å². The number of amidine groups is 1. The van der Waals surface area contributed by atoms with Crippen LogP contribution in [0.15, 0.2) is 40.3 Å². The Kier molecular flexibility index (Phi) is 3.43. The molecule has 0 amide bonds. The normalized spacial score (nSPS) is 10.4. The van der Waals surface area contributed by atoms with Gasteiger partial charge in [0.15, 0.2) is 0 Å². The van der Waals surface area contributed by atoms with Gasteiger partial charge in [0.05, 0.1) is 6.20 Å². The molecule has 3 N–H and O–H groups in total. The fraction of sp³-hybridized carbons (Fsp3) is 0.0909. The first kappa shape index (κ1) is 11.7. The number of rotatable bonds is 4. The minimum atomic E-state index is -0.402. The smallest absolute Gasteiger partial charge is 0.255 e. The Morgan fingerprint density at radius 2 is 2.29 bits per heavy atom. The number of nitrogens with two attached hydrogens (primary N) is 1. The summed E-state index contributed by atoms with van der Waals surface area (Å²) < 4.78 is 18.3. The molecule has 17 heavy (non-hydrogen) atoms. The molecule has 0 aliphatic rings. The van der Waals surface area contributed by atoms with Crippen LogP contribution in [-0.2, 0) is 5.75 Å². The Labute approximate surface area is 102 Å². The van der Waals surface area contributed by atoms with Crippen LogP contribution in [0.4, 0.5) is 4.39 Å². The molecule has 0 aliphatic heterocycles. The highest BCUT2D eigenvalue weighted by atomic mass is 32.2.